The van der Waals surface area contributed by atoms with E-state index in [4.69, 9.17) is 9.47 Å². The molecule has 128 valence electrons. The number of ether oxygens (including phenoxy) is 2. The molecular weight excluding hydrogens is 316 g/mol. The fraction of sp³-hybridized carbons (Fsp3) is 0.250. The van der Waals surface area contributed by atoms with Crippen LogP contribution >= 0.6 is 0 Å². The molecule has 5 nitrogen and oxygen atoms in total. The lowest BCUT2D eigenvalue weighted by atomic mass is 10.2. The molecule has 0 spiro atoms. The highest BCUT2D eigenvalue weighted by Crippen LogP contribution is 2.30. The summed E-state index contributed by atoms with van der Waals surface area (Å²) in [6.07, 6.45) is 2.89. The number of benzene rings is 2. The van der Waals surface area contributed by atoms with Crippen molar-refractivity contribution in [2.75, 3.05) is 19.8 Å². The van der Waals surface area contributed by atoms with Crippen molar-refractivity contribution in [2.24, 2.45) is 0 Å². The number of hydrogen-bond acceptors (Lipinski definition) is 3. The first-order chi connectivity index (χ1) is 12.3. The number of amides is 1. The van der Waals surface area contributed by atoms with Crippen molar-refractivity contribution in [2.45, 2.75) is 13.0 Å². The summed E-state index contributed by atoms with van der Waals surface area (Å²) < 4.78 is 13.4. The second kappa shape index (κ2) is 6.89. The highest BCUT2D eigenvalue weighted by atomic mass is 16.5. The summed E-state index contributed by atoms with van der Waals surface area (Å²) >= 11 is 0. The van der Waals surface area contributed by atoms with Gasteiger partial charge in [0.25, 0.3) is 5.91 Å². The third-order valence-electron chi connectivity index (χ3n) is 4.33. The van der Waals surface area contributed by atoms with Gasteiger partial charge in [-0.15, -0.1) is 0 Å². The normalized spacial score (nSPS) is 13.4. The smallest absolute Gasteiger partial charge is 0.251 e. The highest BCUT2D eigenvalue weighted by Gasteiger charge is 2.14. The number of nitrogens with one attached hydrogen (secondary N) is 1. The Balaban J connectivity index is 1.40. The first kappa shape index (κ1) is 15.6. The number of rotatable bonds is 4. The quantitative estimate of drug-likeness (QED) is 0.796. The van der Waals surface area contributed by atoms with Gasteiger partial charge < -0.3 is 19.4 Å². The molecule has 0 unspecified atom stereocenters. The number of carbonyl (C=O) groups excluding carboxylic acids is 1. The Labute approximate surface area is 146 Å². The van der Waals surface area contributed by atoms with E-state index in [-0.39, 0.29) is 5.91 Å². The zero-order chi connectivity index (χ0) is 17.1. The Bertz CT molecular complexity index is 901. The van der Waals surface area contributed by atoms with Gasteiger partial charge in [-0.3, -0.25) is 4.79 Å². The summed E-state index contributed by atoms with van der Waals surface area (Å²) in [6.45, 7) is 2.54. The molecule has 0 atom stereocenters. The maximum absolute atomic E-state index is 12.4. The molecule has 5 heteroatoms. The topological polar surface area (TPSA) is 52.5 Å². The van der Waals surface area contributed by atoms with Gasteiger partial charge in [0.05, 0.1) is 13.2 Å². The van der Waals surface area contributed by atoms with Gasteiger partial charge in [0.1, 0.15) is 0 Å². The molecule has 0 radical (unpaired) electrons. The Kier molecular flexibility index (Phi) is 4.29. The largest absolute Gasteiger partial charge is 0.490 e. The molecule has 2 aromatic carbocycles. The van der Waals surface area contributed by atoms with Crippen LogP contribution in [-0.4, -0.2) is 30.2 Å². The van der Waals surface area contributed by atoms with E-state index in [2.05, 4.69) is 28.1 Å². The van der Waals surface area contributed by atoms with Gasteiger partial charge >= 0.3 is 0 Å². The van der Waals surface area contributed by atoms with Gasteiger partial charge in [-0.1, -0.05) is 18.2 Å². The Morgan fingerprint density at radius 2 is 1.88 bits per heavy atom. The molecular formula is C20H20N2O3. The molecule has 1 aromatic heterocycles. The van der Waals surface area contributed by atoms with E-state index in [0.717, 1.165) is 13.0 Å². The molecule has 2 heterocycles. The number of aromatic nitrogens is 1. The number of fused-ring (bicyclic) bond motifs is 2. The monoisotopic (exact) mass is 336 g/mol. The Hall–Kier alpha value is -2.95. The molecule has 0 saturated carbocycles. The van der Waals surface area contributed by atoms with Gasteiger partial charge in [0.2, 0.25) is 0 Å². The highest BCUT2D eigenvalue weighted by molar-refractivity contribution is 5.94. The predicted octanol–water partition coefficient (Wildman–Crippen LogP) is 3.23. The second-order valence-electron chi connectivity index (χ2n) is 6.04. The molecule has 0 bridgehead atoms. The zero-order valence-corrected chi connectivity index (χ0v) is 13.9. The SMILES string of the molecule is O=C(NCCn1ccc2ccccc21)c1ccc2c(c1)OCCCO2. The van der Waals surface area contributed by atoms with E-state index in [1.165, 1.54) is 10.9 Å². The minimum absolute atomic E-state index is 0.105. The van der Waals surface area contributed by atoms with E-state index in [1.54, 1.807) is 18.2 Å². The Morgan fingerprint density at radius 3 is 2.80 bits per heavy atom. The van der Waals surface area contributed by atoms with Crippen LogP contribution in [0.1, 0.15) is 16.8 Å². The van der Waals surface area contributed by atoms with Crippen LogP contribution < -0.4 is 14.8 Å². The number of nitrogens with zero attached hydrogens (tertiary/aromatic N) is 1. The van der Waals surface area contributed by atoms with Crippen LogP contribution in [0, 0.1) is 0 Å². The molecule has 1 aliphatic rings. The van der Waals surface area contributed by atoms with Crippen LogP contribution in [0.5, 0.6) is 11.5 Å². The molecule has 25 heavy (non-hydrogen) atoms. The minimum Gasteiger partial charge on any atom is -0.490 e. The zero-order valence-electron chi connectivity index (χ0n) is 13.9. The van der Waals surface area contributed by atoms with Crippen LogP contribution in [-0.2, 0) is 6.54 Å². The van der Waals surface area contributed by atoms with Crippen LogP contribution in [0.2, 0.25) is 0 Å². The molecule has 3 aromatic rings. The standard InChI is InChI=1S/C20H20N2O3/c23-20(16-6-7-18-19(14-16)25-13-3-12-24-18)21-9-11-22-10-8-15-4-1-2-5-17(15)22/h1-2,4-8,10,14H,3,9,11-13H2,(H,21,23). The van der Waals surface area contributed by atoms with Crippen molar-refractivity contribution in [3.8, 4) is 11.5 Å². The fourth-order valence-electron chi connectivity index (χ4n) is 3.03. The van der Waals surface area contributed by atoms with E-state index >= 15 is 0 Å². The van der Waals surface area contributed by atoms with Crippen LogP contribution in [0.15, 0.2) is 54.7 Å². The van der Waals surface area contributed by atoms with Crippen LogP contribution in [0.3, 0.4) is 0 Å². The van der Waals surface area contributed by atoms with Crippen molar-refractivity contribution in [1.82, 2.24) is 9.88 Å². The van der Waals surface area contributed by atoms with Crippen molar-refractivity contribution in [1.29, 1.82) is 0 Å². The fourth-order valence-corrected chi connectivity index (χ4v) is 3.03. The predicted molar refractivity (Wildman–Crippen MR) is 96.3 cm³/mol. The van der Waals surface area contributed by atoms with Gasteiger partial charge in [0.15, 0.2) is 11.5 Å². The number of hydrogen-bond donors (Lipinski definition) is 1. The molecule has 1 amide bonds. The third kappa shape index (κ3) is 3.31. The summed E-state index contributed by atoms with van der Waals surface area (Å²) in [6, 6.07) is 15.6. The summed E-state index contributed by atoms with van der Waals surface area (Å²) in [5, 5.41) is 4.17. The van der Waals surface area contributed by atoms with E-state index < -0.39 is 0 Å². The molecule has 0 fully saturated rings. The summed E-state index contributed by atoms with van der Waals surface area (Å²) in [5.41, 5.74) is 1.76. The average molecular weight is 336 g/mol. The molecule has 1 aliphatic heterocycles. The van der Waals surface area contributed by atoms with E-state index in [1.807, 2.05) is 18.3 Å². The average Bonchev–Trinajstić information content (AvgIpc) is 2.90. The lowest BCUT2D eigenvalue weighted by Gasteiger charge is -2.10. The van der Waals surface area contributed by atoms with E-state index in [0.29, 0.717) is 36.8 Å². The maximum atomic E-state index is 12.4. The van der Waals surface area contributed by atoms with Gasteiger partial charge in [0, 0.05) is 36.8 Å². The van der Waals surface area contributed by atoms with Gasteiger partial charge in [-0.2, -0.15) is 0 Å². The van der Waals surface area contributed by atoms with Crippen molar-refractivity contribution in [3.63, 3.8) is 0 Å². The van der Waals surface area contributed by atoms with Crippen molar-refractivity contribution < 1.29 is 14.3 Å². The van der Waals surface area contributed by atoms with Gasteiger partial charge in [-0.05, 0) is 35.7 Å². The Morgan fingerprint density at radius 1 is 1.04 bits per heavy atom. The maximum Gasteiger partial charge on any atom is 0.251 e. The number of carbonyl (C=O) groups is 1. The molecule has 0 saturated heterocycles. The van der Waals surface area contributed by atoms with Crippen molar-refractivity contribution >= 4 is 16.8 Å². The molecule has 4 rings (SSSR count). The molecule has 0 aliphatic carbocycles. The van der Waals surface area contributed by atoms with Crippen LogP contribution in [0.25, 0.3) is 10.9 Å². The lowest BCUT2D eigenvalue weighted by molar-refractivity contribution is 0.0952. The first-order valence-corrected chi connectivity index (χ1v) is 8.53. The summed E-state index contributed by atoms with van der Waals surface area (Å²) in [7, 11) is 0. The van der Waals surface area contributed by atoms with Crippen molar-refractivity contribution in [3.05, 3.63) is 60.3 Å². The minimum atomic E-state index is -0.105. The molecule has 1 N–H and O–H groups in total. The third-order valence-corrected chi connectivity index (χ3v) is 4.33. The summed E-state index contributed by atoms with van der Waals surface area (Å²) in [5.74, 6) is 1.24. The van der Waals surface area contributed by atoms with E-state index in [9.17, 15) is 4.79 Å². The van der Waals surface area contributed by atoms with Gasteiger partial charge in [-0.25, -0.2) is 0 Å². The number of para-hydroxylation sites is 1. The second-order valence-corrected chi connectivity index (χ2v) is 6.04. The van der Waals surface area contributed by atoms with Crippen LogP contribution in [0.4, 0.5) is 0 Å². The first-order valence-electron chi connectivity index (χ1n) is 8.53. The summed E-state index contributed by atoms with van der Waals surface area (Å²) in [4.78, 5) is 12.4. The lowest BCUT2D eigenvalue weighted by Crippen LogP contribution is -2.27.